The molecule has 0 amide bonds. The van der Waals surface area contributed by atoms with Crippen LogP contribution in [0.3, 0.4) is 0 Å². The van der Waals surface area contributed by atoms with E-state index < -0.39 is 0 Å². The van der Waals surface area contributed by atoms with E-state index in [9.17, 15) is 0 Å². The fourth-order valence-electron chi connectivity index (χ4n) is 1.57. The third kappa shape index (κ3) is 4.31. The third-order valence-corrected chi connectivity index (χ3v) is 2.59. The van der Waals surface area contributed by atoms with Gasteiger partial charge in [0.25, 0.3) is 0 Å². The van der Waals surface area contributed by atoms with E-state index in [4.69, 9.17) is 11.0 Å². The number of nitrogen functional groups attached to an aromatic ring is 1. The minimum absolute atomic E-state index is 0.306. The number of anilines is 2. The molecular weight excluding hydrogens is 212 g/mol. The highest BCUT2D eigenvalue weighted by atomic mass is 15.0. The molecule has 0 bridgehead atoms. The zero-order chi connectivity index (χ0) is 12.8. The van der Waals surface area contributed by atoms with Crippen LogP contribution in [0.25, 0.3) is 0 Å². The number of hydrogen-bond donors (Lipinski definition) is 2. The highest BCUT2D eigenvalue weighted by Gasteiger charge is 2.08. The standard InChI is InChI=1S/C13H20N4/c1-9(2)4-5-10(3)17-13-11(7-14)6-12(15)8-16-13/h6,8-10H,4-5,15H2,1-3H3,(H,16,17). The van der Waals surface area contributed by atoms with Crippen LogP contribution in [0.4, 0.5) is 11.5 Å². The van der Waals surface area contributed by atoms with E-state index in [2.05, 4.69) is 37.1 Å². The summed E-state index contributed by atoms with van der Waals surface area (Å²) < 4.78 is 0. The van der Waals surface area contributed by atoms with Crippen molar-refractivity contribution in [3.8, 4) is 6.07 Å². The molecule has 0 saturated heterocycles. The summed E-state index contributed by atoms with van der Waals surface area (Å²) in [5.41, 5.74) is 6.61. The summed E-state index contributed by atoms with van der Waals surface area (Å²) in [4.78, 5) is 4.16. The summed E-state index contributed by atoms with van der Waals surface area (Å²) in [7, 11) is 0. The van der Waals surface area contributed by atoms with Crippen molar-refractivity contribution in [2.45, 2.75) is 39.7 Å². The molecule has 0 radical (unpaired) electrons. The fourth-order valence-corrected chi connectivity index (χ4v) is 1.57. The largest absolute Gasteiger partial charge is 0.397 e. The maximum absolute atomic E-state index is 8.99. The van der Waals surface area contributed by atoms with Crippen molar-refractivity contribution >= 4 is 11.5 Å². The molecule has 0 aliphatic carbocycles. The maximum atomic E-state index is 8.99. The maximum Gasteiger partial charge on any atom is 0.144 e. The number of nitrogens with one attached hydrogen (secondary N) is 1. The van der Waals surface area contributed by atoms with Gasteiger partial charge in [0.15, 0.2) is 0 Å². The van der Waals surface area contributed by atoms with Gasteiger partial charge in [0.1, 0.15) is 11.9 Å². The summed E-state index contributed by atoms with van der Waals surface area (Å²) in [5.74, 6) is 1.31. The molecule has 1 rings (SSSR count). The monoisotopic (exact) mass is 232 g/mol. The predicted molar refractivity (Wildman–Crippen MR) is 70.5 cm³/mol. The number of nitriles is 1. The van der Waals surface area contributed by atoms with E-state index >= 15 is 0 Å². The van der Waals surface area contributed by atoms with Gasteiger partial charge in [0, 0.05) is 6.04 Å². The van der Waals surface area contributed by atoms with Gasteiger partial charge in [-0.2, -0.15) is 5.26 Å². The lowest BCUT2D eigenvalue weighted by atomic mass is 10.0. The molecule has 1 atom stereocenters. The molecule has 0 aliphatic heterocycles. The molecule has 1 unspecified atom stereocenters. The van der Waals surface area contributed by atoms with Crippen molar-refractivity contribution in [2.75, 3.05) is 11.1 Å². The smallest absolute Gasteiger partial charge is 0.144 e. The molecule has 1 aromatic heterocycles. The van der Waals surface area contributed by atoms with Gasteiger partial charge in [-0.1, -0.05) is 13.8 Å². The zero-order valence-corrected chi connectivity index (χ0v) is 10.7. The lowest BCUT2D eigenvalue weighted by Crippen LogP contribution is -2.17. The Morgan fingerprint density at radius 3 is 2.71 bits per heavy atom. The van der Waals surface area contributed by atoms with Gasteiger partial charge >= 0.3 is 0 Å². The molecule has 1 aromatic rings. The van der Waals surface area contributed by atoms with E-state index in [1.807, 2.05) is 0 Å². The average molecular weight is 232 g/mol. The van der Waals surface area contributed by atoms with Crippen LogP contribution in [0.2, 0.25) is 0 Å². The first-order chi connectivity index (χ1) is 8.02. The second kappa shape index (κ2) is 6.09. The van der Waals surface area contributed by atoms with E-state index in [1.165, 1.54) is 0 Å². The highest BCUT2D eigenvalue weighted by molar-refractivity contribution is 5.57. The summed E-state index contributed by atoms with van der Waals surface area (Å²) in [6.45, 7) is 6.51. The van der Waals surface area contributed by atoms with Crippen molar-refractivity contribution in [3.05, 3.63) is 17.8 Å². The number of rotatable bonds is 5. The summed E-state index contributed by atoms with van der Waals surface area (Å²) >= 11 is 0. The van der Waals surface area contributed by atoms with Crippen LogP contribution in [-0.2, 0) is 0 Å². The number of nitrogens with zero attached hydrogens (tertiary/aromatic N) is 2. The van der Waals surface area contributed by atoms with Crippen molar-refractivity contribution in [1.29, 1.82) is 5.26 Å². The normalized spacial score (nSPS) is 12.2. The molecule has 0 saturated carbocycles. The third-order valence-electron chi connectivity index (χ3n) is 2.59. The predicted octanol–water partition coefficient (Wildman–Crippen LogP) is 2.77. The Kier molecular flexibility index (Phi) is 4.77. The number of nitrogens with two attached hydrogens (primary N) is 1. The average Bonchev–Trinajstić information content (AvgIpc) is 2.28. The van der Waals surface area contributed by atoms with Crippen molar-refractivity contribution in [2.24, 2.45) is 5.92 Å². The first-order valence-electron chi connectivity index (χ1n) is 5.95. The summed E-state index contributed by atoms with van der Waals surface area (Å²) in [6, 6.07) is 4.05. The van der Waals surface area contributed by atoms with Crippen LogP contribution < -0.4 is 11.1 Å². The van der Waals surface area contributed by atoms with Crippen LogP contribution in [0, 0.1) is 17.2 Å². The SMILES string of the molecule is CC(C)CCC(C)Nc1ncc(N)cc1C#N. The van der Waals surface area contributed by atoms with Crippen LogP contribution >= 0.6 is 0 Å². The molecule has 4 heteroatoms. The molecule has 0 aliphatic rings. The van der Waals surface area contributed by atoms with Crippen LogP contribution in [0.1, 0.15) is 39.2 Å². The minimum Gasteiger partial charge on any atom is -0.397 e. The molecule has 4 nitrogen and oxygen atoms in total. The van der Waals surface area contributed by atoms with Gasteiger partial charge in [0.05, 0.1) is 17.4 Å². The van der Waals surface area contributed by atoms with Crippen LogP contribution in [-0.4, -0.2) is 11.0 Å². The Hall–Kier alpha value is -1.76. The van der Waals surface area contributed by atoms with Gasteiger partial charge in [0.2, 0.25) is 0 Å². The lowest BCUT2D eigenvalue weighted by Gasteiger charge is -2.16. The van der Waals surface area contributed by atoms with Gasteiger partial charge in [-0.05, 0) is 31.7 Å². The number of pyridine rings is 1. The molecule has 1 heterocycles. The quantitative estimate of drug-likeness (QED) is 0.818. The van der Waals surface area contributed by atoms with Crippen LogP contribution in [0.15, 0.2) is 12.3 Å². The van der Waals surface area contributed by atoms with E-state index in [1.54, 1.807) is 12.3 Å². The van der Waals surface area contributed by atoms with E-state index in [-0.39, 0.29) is 0 Å². The van der Waals surface area contributed by atoms with Crippen molar-refractivity contribution in [3.63, 3.8) is 0 Å². The Labute approximate surface area is 103 Å². The second-order valence-corrected chi connectivity index (χ2v) is 4.79. The van der Waals surface area contributed by atoms with Gasteiger partial charge in [-0.25, -0.2) is 4.98 Å². The zero-order valence-electron chi connectivity index (χ0n) is 10.7. The summed E-state index contributed by atoms with van der Waals surface area (Å²) in [5, 5.41) is 12.2. The Morgan fingerprint density at radius 1 is 1.41 bits per heavy atom. The van der Waals surface area contributed by atoms with E-state index in [0.717, 1.165) is 12.8 Å². The first-order valence-corrected chi connectivity index (χ1v) is 5.95. The van der Waals surface area contributed by atoms with Gasteiger partial charge < -0.3 is 11.1 Å². The molecule has 0 aromatic carbocycles. The molecule has 0 spiro atoms. The first kappa shape index (κ1) is 13.3. The highest BCUT2D eigenvalue weighted by Crippen LogP contribution is 2.17. The van der Waals surface area contributed by atoms with Gasteiger partial charge in [-0.3, -0.25) is 0 Å². The van der Waals surface area contributed by atoms with Crippen molar-refractivity contribution in [1.82, 2.24) is 4.98 Å². The minimum atomic E-state index is 0.306. The topological polar surface area (TPSA) is 74.7 Å². The number of aromatic nitrogens is 1. The molecule has 0 fully saturated rings. The molecule has 3 N–H and O–H groups in total. The van der Waals surface area contributed by atoms with Crippen molar-refractivity contribution < 1.29 is 0 Å². The van der Waals surface area contributed by atoms with Gasteiger partial charge in [-0.15, -0.1) is 0 Å². The van der Waals surface area contributed by atoms with Crippen LogP contribution in [0.5, 0.6) is 0 Å². The fraction of sp³-hybridized carbons (Fsp3) is 0.538. The lowest BCUT2D eigenvalue weighted by molar-refractivity contribution is 0.527. The molecule has 17 heavy (non-hydrogen) atoms. The van der Waals surface area contributed by atoms with E-state index in [0.29, 0.717) is 29.0 Å². The number of hydrogen-bond acceptors (Lipinski definition) is 4. The Morgan fingerprint density at radius 2 is 2.12 bits per heavy atom. The Bertz CT molecular complexity index is 406. The molecular formula is C13H20N4. The molecule has 92 valence electrons. The Balaban J connectivity index is 2.65. The summed E-state index contributed by atoms with van der Waals surface area (Å²) in [6.07, 6.45) is 3.79. The second-order valence-electron chi connectivity index (χ2n) is 4.79.